The summed E-state index contributed by atoms with van der Waals surface area (Å²) in [6, 6.07) is 20.7. The number of nitrogen functional groups attached to an aromatic ring is 1. The monoisotopic (exact) mass is 664 g/mol. The fraction of sp³-hybridized carbons (Fsp3) is 0.410. The van der Waals surface area contributed by atoms with Gasteiger partial charge in [0.1, 0.15) is 5.82 Å². The summed E-state index contributed by atoms with van der Waals surface area (Å²) in [5.41, 5.74) is 13.4. The molecule has 256 valence electrons. The molecule has 0 bridgehead atoms. The summed E-state index contributed by atoms with van der Waals surface area (Å²) < 4.78 is 20.6. The molecule has 2 aliphatic carbocycles. The Labute approximate surface area is 287 Å². The number of carbonyl (C=O) groups excluding carboxylic acids is 1. The van der Waals surface area contributed by atoms with Gasteiger partial charge in [-0.05, 0) is 84.5 Å². The topological polar surface area (TPSA) is 117 Å². The number of nitrogens with zero attached hydrogens (tertiary/aromatic N) is 4. The molecule has 0 radical (unpaired) electrons. The minimum absolute atomic E-state index is 0.0909. The first-order valence-electron chi connectivity index (χ1n) is 17.5. The van der Waals surface area contributed by atoms with Crippen molar-refractivity contribution in [2.75, 3.05) is 45.1 Å². The third kappa shape index (κ3) is 7.52. The predicted octanol–water partition coefficient (Wildman–Crippen LogP) is 5.39. The van der Waals surface area contributed by atoms with E-state index in [0.717, 1.165) is 64.0 Å². The number of aliphatic hydroxyl groups excluding tert-OH is 1. The maximum Gasteiger partial charge on any atom is 0.255 e. The second kappa shape index (κ2) is 15.1. The van der Waals surface area contributed by atoms with Gasteiger partial charge in [0.2, 0.25) is 5.95 Å². The molecule has 10 heteroatoms. The Hall–Kier alpha value is -4.22. The van der Waals surface area contributed by atoms with Gasteiger partial charge in [-0.25, -0.2) is 9.97 Å². The van der Waals surface area contributed by atoms with Gasteiger partial charge in [0.15, 0.2) is 0 Å². The standard InChI is InChI=1S/C39H45FN6O3/c40-37-32(5-3-15-42-37)30-23-33(38(41)43-24-30)39(48)44-34-6-2-8-36(34)49-25-26-9-11-27(12-10-26)28-13-14-31-29(22-28)4-1-7-35(31)46-18-16-45(17-19-46)20-21-47/h3,5,9-15,22-24,34-36,47H,1-2,4,6-8,16-21,25H2,(H2,41,43)(H,44,48)/t34-,35?,36-/m0/s1. The molecule has 9 nitrogen and oxygen atoms in total. The summed E-state index contributed by atoms with van der Waals surface area (Å²) in [6.45, 7) is 5.61. The first-order chi connectivity index (χ1) is 24.0. The van der Waals surface area contributed by atoms with Gasteiger partial charge in [0, 0.05) is 62.3 Å². The van der Waals surface area contributed by atoms with Gasteiger partial charge >= 0.3 is 0 Å². The molecule has 3 atom stereocenters. The molecule has 3 heterocycles. The quantitative estimate of drug-likeness (QED) is 0.194. The molecule has 3 aliphatic rings. The van der Waals surface area contributed by atoms with E-state index in [0.29, 0.717) is 18.2 Å². The average molecular weight is 665 g/mol. The van der Waals surface area contributed by atoms with Gasteiger partial charge in [0.25, 0.3) is 5.91 Å². The minimum Gasteiger partial charge on any atom is -0.395 e. The van der Waals surface area contributed by atoms with Crippen LogP contribution in [-0.4, -0.2) is 82.3 Å². The lowest BCUT2D eigenvalue weighted by molar-refractivity contribution is 0.0272. The van der Waals surface area contributed by atoms with Crippen LogP contribution >= 0.6 is 0 Å². The van der Waals surface area contributed by atoms with E-state index in [1.54, 1.807) is 18.2 Å². The third-order valence-electron chi connectivity index (χ3n) is 10.4. The van der Waals surface area contributed by atoms with Crippen molar-refractivity contribution in [1.82, 2.24) is 25.1 Å². The van der Waals surface area contributed by atoms with Crippen LogP contribution in [0.2, 0.25) is 0 Å². The van der Waals surface area contributed by atoms with E-state index in [1.165, 1.54) is 47.5 Å². The Morgan fingerprint density at radius 1 is 0.959 bits per heavy atom. The SMILES string of the molecule is Nc1ncc(-c2cccnc2F)cc1C(=O)N[C@H]1CCC[C@@H]1OCc1ccc(-c2ccc3c(c2)CCCC3N2CCN(CCO)CC2)cc1. The lowest BCUT2D eigenvalue weighted by Gasteiger charge is -2.41. The molecule has 7 rings (SSSR count). The molecule has 1 saturated carbocycles. The fourth-order valence-corrected chi connectivity index (χ4v) is 7.73. The van der Waals surface area contributed by atoms with Crippen molar-refractivity contribution in [3.8, 4) is 22.3 Å². The Balaban J connectivity index is 0.955. The number of aromatic nitrogens is 2. The van der Waals surface area contributed by atoms with Crippen molar-refractivity contribution in [2.45, 2.75) is 63.3 Å². The highest BCUT2D eigenvalue weighted by molar-refractivity contribution is 5.99. The third-order valence-corrected chi connectivity index (χ3v) is 10.4. The van der Waals surface area contributed by atoms with Gasteiger partial charge in [-0.2, -0.15) is 4.39 Å². The number of nitrogens with two attached hydrogens (primary N) is 1. The van der Waals surface area contributed by atoms with Crippen LogP contribution in [0.3, 0.4) is 0 Å². The van der Waals surface area contributed by atoms with E-state index >= 15 is 0 Å². The van der Waals surface area contributed by atoms with Gasteiger partial charge in [0.05, 0.1) is 30.9 Å². The number of hydrogen-bond acceptors (Lipinski definition) is 8. The van der Waals surface area contributed by atoms with E-state index in [9.17, 15) is 14.3 Å². The number of hydrogen-bond donors (Lipinski definition) is 3. The first-order valence-corrected chi connectivity index (χ1v) is 17.5. The van der Waals surface area contributed by atoms with Crippen molar-refractivity contribution in [3.63, 3.8) is 0 Å². The van der Waals surface area contributed by atoms with Gasteiger partial charge in [-0.1, -0.05) is 42.5 Å². The number of piperazine rings is 1. The molecule has 1 unspecified atom stereocenters. The summed E-state index contributed by atoms with van der Waals surface area (Å²) in [5.74, 6) is -0.888. The Morgan fingerprint density at radius 3 is 2.57 bits per heavy atom. The van der Waals surface area contributed by atoms with Gasteiger partial charge in [-0.15, -0.1) is 0 Å². The number of amides is 1. The zero-order valence-corrected chi connectivity index (χ0v) is 27.9. The zero-order valence-electron chi connectivity index (χ0n) is 27.9. The molecule has 49 heavy (non-hydrogen) atoms. The van der Waals surface area contributed by atoms with E-state index < -0.39 is 5.95 Å². The number of anilines is 1. The molecule has 2 aromatic carbocycles. The van der Waals surface area contributed by atoms with E-state index in [1.807, 2.05) is 0 Å². The minimum atomic E-state index is -0.630. The molecule has 1 amide bonds. The molecule has 1 aliphatic heterocycles. The van der Waals surface area contributed by atoms with Crippen LogP contribution < -0.4 is 11.1 Å². The van der Waals surface area contributed by atoms with Crippen molar-refractivity contribution < 1.29 is 19.0 Å². The maximum atomic E-state index is 14.3. The van der Waals surface area contributed by atoms with Crippen LogP contribution in [0.25, 0.3) is 22.3 Å². The summed E-state index contributed by atoms with van der Waals surface area (Å²) in [7, 11) is 0. The number of carbonyl (C=O) groups is 1. The number of β-amino-alcohol motifs (C(OH)–C–C–N with tert-alkyl or cyclic N) is 1. The number of benzene rings is 2. The maximum absolute atomic E-state index is 14.3. The molecular formula is C39H45FN6O3. The summed E-state index contributed by atoms with van der Waals surface area (Å²) >= 11 is 0. The zero-order chi connectivity index (χ0) is 33.7. The van der Waals surface area contributed by atoms with Crippen LogP contribution in [0.5, 0.6) is 0 Å². The predicted molar refractivity (Wildman–Crippen MR) is 188 cm³/mol. The average Bonchev–Trinajstić information content (AvgIpc) is 3.58. The van der Waals surface area contributed by atoms with Crippen LogP contribution in [-0.2, 0) is 17.8 Å². The molecule has 0 spiro atoms. The summed E-state index contributed by atoms with van der Waals surface area (Å²) in [6.07, 6.45) is 8.84. The number of halogens is 1. The highest BCUT2D eigenvalue weighted by Gasteiger charge is 2.31. The lowest BCUT2D eigenvalue weighted by Crippen LogP contribution is -2.48. The normalized spacial score (nSPS) is 21.4. The number of aryl methyl sites for hydroxylation is 1. The van der Waals surface area contributed by atoms with E-state index in [-0.39, 0.29) is 41.6 Å². The Morgan fingerprint density at radius 2 is 1.78 bits per heavy atom. The first kappa shape index (κ1) is 33.3. The summed E-state index contributed by atoms with van der Waals surface area (Å²) in [5, 5.41) is 12.4. The Kier molecular flexibility index (Phi) is 10.3. The van der Waals surface area contributed by atoms with Crippen LogP contribution in [0.15, 0.2) is 73.1 Å². The number of nitrogens with one attached hydrogen (secondary N) is 1. The number of aliphatic hydroxyl groups is 1. The Bertz CT molecular complexity index is 1760. The van der Waals surface area contributed by atoms with Crippen LogP contribution in [0.4, 0.5) is 10.2 Å². The molecular weight excluding hydrogens is 619 g/mol. The number of fused-ring (bicyclic) bond motifs is 1. The van der Waals surface area contributed by atoms with E-state index in [4.69, 9.17) is 10.5 Å². The second-order valence-electron chi connectivity index (χ2n) is 13.5. The van der Waals surface area contributed by atoms with Gasteiger partial charge < -0.3 is 20.9 Å². The van der Waals surface area contributed by atoms with Gasteiger partial charge in [-0.3, -0.25) is 14.6 Å². The highest BCUT2D eigenvalue weighted by atomic mass is 19.1. The van der Waals surface area contributed by atoms with Crippen molar-refractivity contribution in [1.29, 1.82) is 0 Å². The van der Waals surface area contributed by atoms with E-state index in [2.05, 4.69) is 67.5 Å². The molecule has 2 fully saturated rings. The fourth-order valence-electron chi connectivity index (χ4n) is 7.73. The molecule has 4 N–H and O–H groups in total. The largest absolute Gasteiger partial charge is 0.395 e. The molecule has 1 saturated heterocycles. The van der Waals surface area contributed by atoms with Crippen molar-refractivity contribution >= 4 is 11.7 Å². The number of ether oxygens (including phenoxy) is 1. The number of pyridine rings is 2. The number of rotatable bonds is 10. The summed E-state index contributed by atoms with van der Waals surface area (Å²) in [4.78, 5) is 26.1. The van der Waals surface area contributed by atoms with Crippen molar-refractivity contribution in [2.24, 2.45) is 0 Å². The second-order valence-corrected chi connectivity index (χ2v) is 13.5. The lowest BCUT2D eigenvalue weighted by atomic mass is 9.84. The van der Waals surface area contributed by atoms with Crippen LogP contribution in [0, 0.1) is 5.95 Å². The van der Waals surface area contributed by atoms with Crippen molar-refractivity contribution in [3.05, 3.63) is 101 Å². The smallest absolute Gasteiger partial charge is 0.255 e. The highest BCUT2D eigenvalue weighted by Crippen LogP contribution is 2.37. The molecule has 2 aromatic heterocycles. The molecule has 4 aromatic rings. The van der Waals surface area contributed by atoms with Crippen LogP contribution in [0.1, 0.15) is 65.2 Å².